The van der Waals surface area contributed by atoms with Crippen molar-refractivity contribution < 1.29 is 8.42 Å². The van der Waals surface area contributed by atoms with Crippen molar-refractivity contribution >= 4 is 38.1 Å². The molecule has 1 N–H and O–H groups in total. The molecule has 0 bridgehead atoms. The molecule has 4 rings (SSSR count). The van der Waals surface area contributed by atoms with Gasteiger partial charge >= 0.3 is 0 Å². The van der Waals surface area contributed by atoms with Crippen LogP contribution in [0.2, 0.25) is 0 Å². The highest BCUT2D eigenvalue weighted by atomic mass is 32.2. The number of anilines is 1. The number of nitrogens with zero attached hydrogens (tertiary/aromatic N) is 1. The van der Waals surface area contributed by atoms with Crippen molar-refractivity contribution in [2.75, 3.05) is 11.1 Å². The van der Waals surface area contributed by atoms with Crippen molar-refractivity contribution in [3.8, 4) is 11.3 Å². The van der Waals surface area contributed by atoms with E-state index in [2.05, 4.69) is 23.5 Å². The van der Waals surface area contributed by atoms with Gasteiger partial charge in [-0.2, -0.15) is 0 Å². The van der Waals surface area contributed by atoms with Crippen molar-refractivity contribution in [3.63, 3.8) is 0 Å². The van der Waals surface area contributed by atoms with Crippen LogP contribution in [-0.4, -0.2) is 19.2 Å². The first-order valence-corrected chi connectivity index (χ1v) is 11.8. The largest absolute Gasteiger partial charge is 0.357 e. The van der Waals surface area contributed by atoms with E-state index in [1.807, 2.05) is 30.0 Å². The van der Waals surface area contributed by atoms with Gasteiger partial charge in [0, 0.05) is 27.6 Å². The molecule has 2 aromatic carbocycles. The molecular weight excluding hydrogens is 384 g/mol. The molecule has 134 valence electrons. The number of hydrogen-bond donors (Lipinski definition) is 1. The Morgan fingerprint density at radius 2 is 1.88 bits per heavy atom. The standard InChI is InChI=1S/C19H18N2O2S3/c1-2-26(22,23)14-9-7-13(8-10-14)11-20-19-21-18-15-5-3-4-6-16(15)24-12-17(18)25-19/h3-10H,2,11-12H2,1H3,(H,20,21). The SMILES string of the molecule is CCS(=O)(=O)c1ccc(CNc2nc3c(s2)CSc2ccccc2-3)cc1. The smallest absolute Gasteiger partial charge is 0.183 e. The molecule has 0 unspecified atom stereocenters. The molecule has 0 fully saturated rings. The topological polar surface area (TPSA) is 59.1 Å². The van der Waals surface area contributed by atoms with Gasteiger partial charge in [0.05, 0.1) is 16.3 Å². The molecule has 1 aliphatic rings. The third-order valence-corrected chi connectivity index (χ3v) is 8.35. The zero-order valence-corrected chi connectivity index (χ0v) is 16.7. The Morgan fingerprint density at radius 3 is 2.65 bits per heavy atom. The summed E-state index contributed by atoms with van der Waals surface area (Å²) in [6.45, 7) is 2.28. The zero-order valence-electron chi connectivity index (χ0n) is 14.2. The normalized spacial score (nSPS) is 13.1. The average Bonchev–Trinajstić information content (AvgIpc) is 3.10. The van der Waals surface area contributed by atoms with Gasteiger partial charge in [-0.05, 0) is 23.8 Å². The molecule has 1 aliphatic heterocycles. The fraction of sp³-hybridized carbons (Fsp3) is 0.211. The number of rotatable bonds is 5. The molecule has 0 radical (unpaired) electrons. The zero-order chi connectivity index (χ0) is 18.1. The number of sulfone groups is 1. The molecule has 0 amide bonds. The minimum Gasteiger partial charge on any atom is -0.357 e. The summed E-state index contributed by atoms with van der Waals surface area (Å²) in [7, 11) is -3.15. The lowest BCUT2D eigenvalue weighted by Gasteiger charge is -2.13. The maximum Gasteiger partial charge on any atom is 0.183 e. The molecule has 0 saturated carbocycles. The molecule has 0 aliphatic carbocycles. The number of thioether (sulfide) groups is 1. The first kappa shape index (κ1) is 17.6. The number of aromatic nitrogens is 1. The second-order valence-electron chi connectivity index (χ2n) is 5.98. The maximum atomic E-state index is 11.9. The summed E-state index contributed by atoms with van der Waals surface area (Å²) in [6, 6.07) is 15.4. The first-order chi connectivity index (χ1) is 12.6. The van der Waals surface area contributed by atoms with Crippen molar-refractivity contribution in [1.82, 2.24) is 4.98 Å². The van der Waals surface area contributed by atoms with Crippen LogP contribution >= 0.6 is 23.1 Å². The second kappa shape index (κ2) is 7.06. The fourth-order valence-corrected chi connectivity index (χ4v) is 5.81. The van der Waals surface area contributed by atoms with Crippen LogP contribution in [-0.2, 0) is 22.1 Å². The first-order valence-electron chi connectivity index (χ1n) is 8.34. The van der Waals surface area contributed by atoms with Crippen LogP contribution < -0.4 is 5.32 Å². The highest BCUT2D eigenvalue weighted by Crippen LogP contribution is 2.44. The Labute approximate surface area is 161 Å². The number of fused-ring (bicyclic) bond motifs is 3. The van der Waals surface area contributed by atoms with Crippen LogP contribution in [0.3, 0.4) is 0 Å². The van der Waals surface area contributed by atoms with E-state index in [9.17, 15) is 8.42 Å². The van der Waals surface area contributed by atoms with E-state index in [0.29, 0.717) is 11.4 Å². The molecular formula is C19H18N2O2S3. The molecule has 4 nitrogen and oxygen atoms in total. The highest BCUT2D eigenvalue weighted by molar-refractivity contribution is 7.98. The van der Waals surface area contributed by atoms with Gasteiger partial charge in [0.15, 0.2) is 15.0 Å². The Balaban J connectivity index is 1.49. The van der Waals surface area contributed by atoms with Crippen LogP contribution in [0.1, 0.15) is 17.4 Å². The Bertz CT molecular complexity index is 1040. The quantitative estimate of drug-likeness (QED) is 0.663. The number of thiazole rings is 1. The molecule has 0 saturated heterocycles. The predicted molar refractivity (Wildman–Crippen MR) is 109 cm³/mol. The minimum absolute atomic E-state index is 0.120. The van der Waals surface area contributed by atoms with Crippen LogP contribution in [0.25, 0.3) is 11.3 Å². The van der Waals surface area contributed by atoms with Gasteiger partial charge in [0.1, 0.15) is 0 Å². The van der Waals surface area contributed by atoms with Crippen LogP contribution in [0.15, 0.2) is 58.3 Å². The molecule has 0 atom stereocenters. The van der Waals surface area contributed by atoms with E-state index in [4.69, 9.17) is 4.98 Å². The van der Waals surface area contributed by atoms with Gasteiger partial charge in [-0.15, -0.1) is 23.1 Å². The minimum atomic E-state index is -3.15. The van der Waals surface area contributed by atoms with Crippen molar-refractivity contribution in [1.29, 1.82) is 0 Å². The molecule has 7 heteroatoms. The van der Waals surface area contributed by atoms with E-state index in [-0.39, 0.29) is 5.75 Å². The lowest BCUT2D eigenvalue weighted by molar-refractivity contribution is 0.597. The monoisotopic (exact) mass is 402 g/mol. The summed E-state index contributed by atoms with van der Waals surface area (Å²) in [6.07, 6.45) is 0. The summed E-state index contributed by atoms with van der Waals surface area (Å²) < 4.78 is 23.8. The van der Waals surface area contributed by atoms with Gasteiger partial charge in [0.2, 0.25) is 0 Å². The van der Waals surface area contributed by atoms with Gasteiger partial charge in [0.25, 0.3) is 0 Å². The summed E-state index contributed by atoms with van der Waals surface area (Å²) in [5, 5.41) is 4.27. The molecule has 3 aromatic rings. The lowest BCUT2D eigenvalue weighted by atomic mass is 10.1. The fourth-order valence-electron chi connectivity index (χ4n) is 2.83. The van der Waals surface area contributed by atoms with Gasteiger partial charge in [-0.3, -0.25) is 0 Å². The number of nitrogens with one attached hydrogen (secondary N) is 1. The van der Waals surface area contributed by atoms with E-state index < -0.39 is 9.84 Å². The highest BCUT2D eigenvalue weighted by Gasteiger charge is 2.20. The lowest BCUT2D eigenvalue weighted by Crippen LogP contribution is -2.04. The third-order valence-electron chi connectivity index (χ3n) is 4.30. The summed E-state index contributed by atoms with van der Waals surface area (Å²) in [4.78, 5) is 7.73. The maximum absolute atomic E-state index is 11.9. The summed E-state index contributed by atoms with van der Waals surface area (Å²) in [5.74, 6) is 1.07. The summed E-state index contributed by atoms with van der Waals surface area (Å²) >= 11 is 3.54. The van der Waals surface area contributed by atoms with E-state index in [0.717, 1.165) is 22.1 Å². The predicted octanol–water partition coefficient (Wildman–Crippen LogP) is 4.82. The van der Waals surface area contributed by atoms with E-state index in [1.165, 1.54) is 15.3 Å². The number of hydrogen-bond acceptors (Lipinski definition) is 6. The third kappa shape index (κ3) is 3.39. The molecule has 1 aromatic heterocycles. The van der Waals surface area contributed by atoms with Gasteiger partial charge in [-0.25, -0.2) is 13.4 Å². The van der Waals surface area contributed by atoms with E-state index >= 15 is 0 Å². The average molecular weight is 403 g/mol. The Morgan fingerprint density at radius 1 is 1.12 bits per heavy atom. The summed E-state index contributed by atoms with van der Waals surface area (Å²) in [5.41, 5.74) is 3.32. The van der Waals surface area contributed by atoms with Gasteiger partial charge in [-0.1, -0.05) is 37.3 Å². The second-order valence-corrected chi connectivity index (χ2v) is 10.4. The van der Waals surface area contributed by atoms with Crippen LogP contribution in [0.4, 0.5) is 5.13 Å². The molecule has 26 heavy (non-hydrogen) atoms. The molecule has 0 spiro atoms. The van der Waals surface area contributed by atoms with Crippen molar-refractivity contribution in [2.45, 2.75) is 29.0 Å². The van der Waals surface area contributed by atoms with Crippen LogP contribution in [0.5, 0.6) is 0 Å². The van der Waals surface area contributed by atoms with Crippen molar-refractivity contribution in [3.05, 3.63) is 59.0 Å². The number of benzene rings is 2. The van der Waals surface area contributed by atoms with Crippen molar-refractivity contribution in [2.24, 2.45) is 0 Å². The Hall–Kier alpha value is -1.83. The van der Waals surface area contributed by atoms with E-state index in [1.54, 1.807) is 30.4 Å². The molecule has 2 heterocycles. The Kier molecular flexibility index (Phi) is 4.77. The van der Waals surface area contributed by atoms with Crippen LogP contribution in [0, 0.1) is 0 Å². The van der Waals surface area contributed by atoms with Gasteiger partial charge < -0.3 is 5.32 Å².